The van der Waals surface area contributed by atoms with Crippen LogP contribution in [-0.2, 0) is 0 Å². The van der Waals surface area contributed by atoms with E-state index < -0.39 is 0 Å². The normalized spacial score (nSPS) is 10.2. The Hall–Kier alpha value is -1.51. The zero-order valence-corrected chi connectivity index (χ0v) is 8.86. The molecule has 0 radical (unpaired) electrons. The van der Waals surface area contributed by atoms with Crippen LogP contribution in [0.25, 0.3) is 0 Å². The number of ketones is 1. The fourth-order valence-electron chi connectivity index (χ4n) is 1.44. The van der Waals surface area contributed by atoms with Crippen LogP contribution in [0.5, 0.6) is 11.5 Å². The number of carbonyl (C=O) groups is 1. The Kier molecular flexibility index (Phi) is 4.16. The van der Waals surface area contributed by atoms with Crippen LogP contribution in [0.3, 0.4) is 0 Å². The van der Waals surface area contributed by atoms with Crippen LogP contribution in [0.1, 0.15) is 43.0 Å². The van der Waals surface area contributed by atoms with E-state index in [4.69, 9.17) is 0 Å². The molecule has 0 aliphatic rings. The van der Waals surface area contributed by atoms with Crippen molar-refractivity contribution >= 4 is 5.78 Å². The lowest BCUT2D eigenvalue weighted by molar-refractivity contribution is 0.0978. The van der Waals surface area contributed by atoms with Gasteiger partial charge in [0.25, 0.3) is 0 Å². The minimum absolute atomic E-state index is 0.0327. The summed E-state index contributed by atoms with van der Waals surface area (Å²) in [6.07, 6.45) is 3.41. The number of Topliss-reactive ketones (excluding diaryl/α,β-unsaturated/α-hetero) is 1. The third kappa shape index (κ3) is 3.62. The van der Waals surface area contributed by atoms with E-state index in [2.05, 4.69) is 6.92 Å². The largest absolute Gasteiger partial charge is 0.508 e. The molecule has 0 aromatic heterocycles. The van der Waals surface area contributed by atoms with Crippen LogP contribution in [0.15, 0.2) is 18.2 Å². The maximum atomic E-state index is 11.6. The number of unbranched alkanes of at least 4 members (excludes halogenated alkanes) is 2. The van der Waals surface area contributed by atoms with Gasteiger partial charge in [-0.05, 0) is 18.6 Å². The molecule has 0 aliphatic carbocycles. The van der Waals surface area contributed by atoms with Crippen molar-refractivity contribution in [2.45, 2.75) is 32.6 Å². The molecule has 0 unspecified atom stereocenters. The maximum absolute atomic E-state index is 11.6. The van der Waals surface area contributed by atoms with Gasteiger partial charge < -0.3 is 10.2 Å². The van der Waals surface area contributed by atoms with E-state index in [0.29, 0.717) is 12.0 Å². The van der Waals surface area contributed by atoms with Crippen molar-refractivity contribution < 1.29 is 15.0 Å². The predicted octanol–water partition coefficient (Wildman–Crippen LogP) is 2.86. The molecule has 1 aromatic carbocycles. The highest BCUT2D eigenvalue weighted by atomic mass is 16.3. The second kappa shape index (κ2) is 5.39. The molecule has 1 rings (SSSR count). The molecule has 0 bridgehead atoms. The Morgan fingerprint density at radius 2 is 1.73 bits per heavy atom. The van der Waals surface area contributed by atoms with Crippen molar-refractivity contribution in [3.63, 3.8) is 0 Å². The lowest BCUT2D eigenvalue weighted by atomic mass is 10.0. The summed E-state index contributed by atoms with van der Waals surface area (Å²) in [5.41, 5.74) is 0.378. The highest BCUT2D eigenvalue weighted by Crippen LogP contribution is 2.21. The summed E-state index contributed by atoms with van der Waals surface area (Å²) in [4.78, 5) is 11.6. The van der Waals surface area contributed by atoms with Gasteiger partial charge in [0.1, 0.15) is 11.5 Å². The van der Waals surface area contributed by atoms with Crippen LogP contribution < -0.4 is 0 Å². The summed E-state index contributed by atoms with van der Waals surface area (Å²) in [7, 11) is 0. The van der Waals surface area contributed by atoms with Gasteiger partial charge in [0, 0.05) is 18.1 Å². The molecule has 1 aromatic rings. The van der Waals surface area contributed by atoms with Gasteiger partial charge in [-0.1, -0.05) is 19.8 Å². The molecule has 0 aliphatic heterocycles. The van der Waals surface area contributed by atoms with E-state index in [1.807, 2.05) is 0 Å². The van der Waals surface area contributed by atoms with Gasteiger partial charge in [-0.3, -0.25) is 4.79 Å². The number of hydrogen-bond acceptors (Lipinski definition) is 3. The summed E-state index contributed by atoms with van der Waals surface area (Å²) in [5.74, 6) is -0.183. The van der Waals surface area contributed by atoms with Crippen molar-refractivity contribution in [3.8, 4) is 11.5 Å². The number of benzene rings is 1. The van der Waals surface area contributed by atoms with Crippen molar-refractivity contribution in [1.82, 2.24) is 0 Å². The summed E-state index contributed by atoms with van der Waals surface area (Å²) >= 11 is 0. The van der Waals surface area contributed by atoms with E-state index in [9.17, 15) is 15.0 Å². The third-order valence-electron chi connectivity index (χ3n) is 2.23. The van der Waals surface area contributed by atoms with E-state index in [-0.39, 0.29) is 17.3 Å². The van der Waals surface area contributed by atoms with E-state index in [1.54, 1.807) is 0 Å². The molecule has 2 N–H and O–H groups in total. The summed E-state index contributed by atoms with van der Waals surface area (Å²) in [6, 6.07) is 3.98. The van der Waals surface area contributed by atoms with E-state index >= 15 is 0 Å². The van der Waals surface area contributed by atoms with Crippen LogP contribution in [0.4, 0.5) is 0 Å². The SMILES string of the molecule is CCCCCC(=O)c1cc(O)cc(O)c1. The quantitative estimate of drug-likeness (QED) is 0.577. The first-order valence-corrected chi connectivity index (χ1v) is 5.19. The molecule has 0 saturated carbocycles. The molecule has 0 spiro atoms. The Bertz CT molecular complexity index is 324. The molecule has 0 amide bonds. The molecule has 0 heterocycles. The highest BCUT2D eigenvalue weighted by molar-refractivity contribution is 5.96. The molecule has 15 heavy (non-hydrogen) atoms. The summed E-state index contributed by atoms with van der Waals surface area (Å²) in [6.45, 7) is 2.07. The summed E-state index contributed by atoms with van der Waals surface area (Å²) in [5, 5.41) is 18.4. The van der Waals surface area contributed by atoms with Gasteiger partial charge in [-0.2, -0.15) is 0 Å². The first kappa shape index (κ1) is 11.6. The van der Waals surface area contributed by atoms with Gasteiger partial charge in [0.15, 0.2) is 5.78 Å². The standard InChI is InChI=1S/C12H16O3/c1-2-3-4-5-12(15)9-6-10(13)8-11(14)7-9/h6-8,13-14H,2-5H2,1H3. The third-order valence-corrected chi connectivity index (χ3v) is 2.23. The highest BCUT2D eigenvalue weighted by Gasteiger charge is 2.07. The van der Waals surface area contributed by atoms with E-state index in [0.717, 1.165) is 19.3 Å². The molecule has 3 heteroatoms. The Morgan fingerprint density at radius 1 is 1.13 bits per heavy atom. The average molecular weight is 208 g/mol. The number of phenolic OH excluding ortho intramolecular Hbond substituents is 2. The fraction of sp³-hybridized carbons (Fsp3) is 0.417. The Morgan fingerprint density at radius 3 is 2.27 bits per heavy atom. The number of phenols is 2. The van der Waals surface area contributed by atoms with Gasteiger partial charge in [0.2, 0.25) is 0 Å². The zero-order chi connectivity index (χ0) is 11.3. The van der Waals surface area contributed by atoms with Crippen LogP contribution in [0.2, 0.25) is 0 Å². The topological polar surface area (TPSA) is 57.5 Å². The van der Waals surface area contributed by atoms with Gasteiger partial charge >= 0.3 is 0 Å². The molecule has 0 saturated heterocycles. The van der Waals surface area contributed by atoms with Crippen LogP contribution >= 0.6 is 0 Å². The molecule has 0 fully saturated rings. The van der Waals surface area contributed by atoms with Crippen molar-refractivity contribution in [3.05, 3.63) is 23.8 Å². The van der Waals surface area contributed by atoms with Crippen LogP contribution in [0, 0.1) is 0 Å². The fourth-order valence-corrected chi connectivity index (χ4v) is 1.44. The van der Waals surface area contributed by atoms with Crippen LogP contribution in [-0.4, -0.2) is 16.0 Å². The number of hydrogen-bond donors (Lipinski definition) is 2. The number of carbonyl (C=O) groups excluding carboxylic acids is 1. The predicted molar refractivity (Wildman–Crippen MR) is 58.2 cm³/mol. The minimum Gasteiger partial charge on any atom is -0.508 e. The lowest BCUT2D eigenvalue weighted by Crippen LogP contribution is -1.98. The molecule has 0 atom stereocenters. The van der Waals surface area contributed by atoms with Gasteiger partial charge in [0.05, 0.1) is 0 Å². The van der Waals surface area contributed by atoms with Crippen molar-refractivity contribution in [2.75, 3.05) is 0 Å². The number of aromatic hydroxyl groups is 2. The Balaban J connectivity index is 2.65. The molecule has 3 nitrogen and oxygen atoms in total. The maximum Gasteiger partial charge on any atom is 0.163 e. The lowest BCUT2D eigenvalue weighted by Gasteiger charge is -2.02. The second-order valence-corrected chi connectivity index (χ2v) is 3.62. The molecular weight excluding hydrogens is 192 g/mol. The van der Waals surface area contributed by atoms with Crippen molar-refractivity contribution in [1.29, 1.82) is 0 Å². The Labute approximate surface area is 89.4 Å². The first-order chi connectivity index (χ1) is 7.13. The zero-order valence-electron chi connectivity index (χ0n) is 8.86. The minimum atomic E-state index is -0.0751. The summed E-state index contributed by atoms with van der Waals surface area (Å²) < 4.78 is 0. The van der Waals surface area contributed by atoms with Crippen molar-refractivity contribution in [2.24, 2.45) is 0 Å². The van der Waals surface area contributed by atoms with E-state index in [1.165, 1.54) is 18.2 Å². The first-order valence-electron chi connectivity index (χ1n) is 5.19. The van der Waals surface area contributed by atoms with Gasteiger partial charge in [-0.15, -0.1) is 0 Å². The van der Waals surface area contributed by atoms with Gasteiger partial charge in [-0.25, -0.2) is 0 Å². The monoisotopic (exact) mass is 208 g/mol. The molecular formula is C12H16O3. The average Bonchev–Trinajstić information content (AvgIpc) is 2.16. The smallest absolute Gasteiger partial charge is 0.163 e. The second-order valence-electron chi connectivity index (χ2n) is 3.62. The number of rotatable bonds is 5. The molecule has 82 valence electrons.